The van der Waals surface area contributed by atoms with Crippen molar-refractivity contribution >= 4 is 26.6 Å². The maximum atomic E-state index is 13.9. The lowest BCUT2D eigenvalue weighted by atomic mass is 9.92. The Morgan fingerprint density at radius 3 is 2.53 bits per heavy atom. The zero-order chi connectivity index (χ0) is 22.1. The Hall–Kier alpha value is -3.00. The molecule has 8 heteroatoms. The van der Waals surface area contributed by atoms with Gasteiger partial charge in [0.15, 0.2) is 9.84 Å². The summed E-state index contributed by atoms with van der Waals surface area (Å²) in [5, 5.41) is 1.20. The summed E-state index contributed by atoms with van der Waals surface area (Å²) < 4.78 is 48.7. The van der Waals surface area contributed by atoms with E-state index in [1.807, 2.05) is 6.07 Å². The Kier molecular flexibility index (Phi) is 6.07. The highest BCUT2D eigenvalue weighted by molar-refractivity contribution is 7.91. The van der Waals surface area contributed by atoms with E-state index in [-0.39, 0.29) is 16.5 Å². The van der Waals surface area contributed by atoms with E-state index in [9.17, 15) is 17.6 Å². The molecular formula is C22H22FNO5S. The highest BCUT2D eigenvalue weighted by Crippen LogP contribution is 2.38. The molecule has 3 aromatic rings. The average Bonchev–Trinajstić information content (AvgIpc) is 2.75. The molecule has 0 saturated carbocycles. The topological polar surface area (TPSA) is 82.6 Å². The van der Waals surface area contributed by atoms with E-state index in [0.717, 1.165) is 0 Å². The van der Waals surface area contributed by atoms with Gasteiger partial charge in [0.25, 0.3) is 0 Å². The van der Waals surface area contributed by atoms with Crippen LogP contribution in [0.2, 0.25) is 0 Å². The molecule has 1 unspecified atom stereocenters. The maximum absolute atomic E-state index is 13.9. The largest absolute Gasteiger partial charge is 0.469 e. The number of hydrogen-bond acceptors (Lipinski definition) is 6. The van der Waals surface area contributed by atoms with Crippen LogP contribution in [-0.4, -0.2) is 32.2 Å². The van der Waals surface area contributed by atoms with Crippen LogP contribution in [0.5, 0.6) is 11.6 Å². The van der Waals surface area contributed by atoms with Crippen LogP contribution in [0.15, 0.2) is 47.5 Å². The summed E-state index contributed by atoms with van der Waals surface area (Å²) in [7, 11) is -2.07. The number of aromatic nitrogens is 1. The van der Waals surface area contributed by atoms with Crippen LogP contribution in [0, 0.1) is 12.7 Å². The molecule has 1 heterocycles. The van der Waals surface area contributed by atoms with Crippen molar-refractivity contribution in [2.75, 3.05) is 12.9 Å². The average molecular weight is 431 g/mol. The minimum Gasteiger partial charge on any atom is -0.469 e. The molecule has 0 saturated heterocycles. The number of esters is 1. The minimum atomic E-state index is -3.39. The van der Waals surface area contributed by atoms with Gasteiger partial charge >= 0.3 is 5.97 Å². The first kappa shape index (κ1) is 21.7. The Bertz CT molecular complexity index is 1210. The van der Waals surface area contributed by atoms with E-state index < -0.39 is 27.5 Å². The van der Waals surface area contributed by atoms with Gasteiger partial charge in [0, 0.05) is 17.6 Å². The van der Waals surface area contributed by atoms with Gasteiger partial charge in [0.2, 0.25) is 5.88 Å². The second kappa shape index (κ2) is 8.39. The van der Waals surface area contributed by atoms with Crippen molar-refractivity contribution < 1.29 is 27.1 Å². The van der Waals surface area contributed by atoms with Gasteiger partial charge < -0.3 is 9.47 Å². The summed E-state index contributed by atoms with van der Waals surface area (Å²) in [4.78, 5) is 16.3. The summed E-state index contributed by atoms with van der Waals surface area (Å²) in [5.74, 6) is -0.934. The van der Waals surface area contributed by atoms with Gasteiger partial charge in [-0.1, -0.05) is 13.0 Å². The molecule has 158 valence electrons. The third-order valence-corrected chi connectivity index (χ3v) is 6.74. The lowest BCUT2D eigenvalue weighted by Crippen LogP contribution is -2.12. The van der Waals surface area contributed by atoms with Crippen molar-refractivity contribution in [1.29, 1.82) is 0 Å². The maximum Gasteiger partial charge on any atom is 0.312 e. The third-order valence-electron chi connectivity index (χ3n) is 5.02. The van der Waals surface area contributed by atoms with Crippen molar-refractivity contribution in [2.24, 2.45) is 0 Å². The Morgan fingerprint density at radius 2 is 1.93 bits per heavy atom. The molecule has 0 radical (unpaired) electrons. The SMILES string of the molecule is CCS(=O)(=O)c1ccc(Oc2c(C)c(C(C)C(=O)OC)cc3ccc(F)cc23)nc1. The molecular weight excluding hydrogens is 409 g/mol. The summed E-state index contributed by atoms with van der Waals surface area (Å²) >= 11 is 0. The van der Waals surface area contributed by atoms with Crippen LogP contribution in [0.1, 0.15) is 30.9 Å². The van der Waals surface area contributed by atoms with Crippen LogP contribution >= 0.6 is 0 Å². The molecule has 0 amide bonds. The smallest absolute Gasteiger partial charge is 0.312 e. The first-order valence-corrected chi connectivity index (χ1v) is 11.0. The number of fused-ring (bicyclic) bond motifs is 1. The van der Waals surface area contributed by atoms with Gasteiger partial charge in [-0.25, -0.2) is 17.8 Å². The molecule has 0 spiro atoms. The second-order valence-corrected chi connectivity index (χ2v) is 9.15. The van der Waals surface area contributed by atoms with Crippen LogP contribution in [0.25, 0.3) is 10.8 Å². The van der Waals surface area contributed by atoms with E-state index in [1.54, 1.807) is 26.8 Å². The summed E-state index contributed by atoms with van der Waals surface area (Å²) in [6.45, 7) is 5.04. The number of hydrogen-bond donors (Lipinski definition) is 0. The van der Waals surface area contributed by atoms with Gasteiger partial charge in [-0.15, -0.1) is 0 Å². The molecule has 1 aromatic heterocycles. The summed E-state index contributed by atoms with van der Waals surface area (Å²) in [6, 6.07) is 8.96. The zero-order valence-corrected chi connectivity index (χ0v) is 17.9. The number of nitrogens with zero attached hydrogens (tertiary/aromatic N) is 1. The van der Waals surface area contributed by atoms with Crippen LogP contribution in [0.4, 0.5) is 4.39 Å². The Morgan fingerprint density at radius 1 is 1.20 bits per heavy atom. The lowest BCUT2D eigenvalue weighted by Gasteiger charge is -2.18. The number of carbonyl (C=O) groups excluding carboxylic acids is 1. The quantitative estimate of drug-likeness (QED) is 0.533. The Balaban J connectivity index is 2.13. The predicted octanol–water partition coefficient (Wildman–Crippen LogP) is 4.54. The van der Waals surface area contributed by atoms with E-state index in [0.29, 0.717) is 27.6 Å². The van der Waals surface area contributed by atoms with Gasteiger partial charge in [0.1, 0.15) is 11.6 Å². The van der Waals surface area contributed by atoms with Crippen LogP contribution in [-0.2, 0) is 19.4 Å². The first-order valence-electron chi connectivity index (χ1n) is 9.35. The monoisotopic (exact) mass is 431 g/mol. The standard InChI is InChI=1S/C22H22FNO5S/c1-5-30(26,27)17-8-9-20(24-12-17)29-21-13(2)18(14(3)22(25)28-4)10-15-6-7-16(23)11-19(15)21/h6-12,14H,5H2,1-4H3. The number of rotatable bonds is 6. The number of halogens is 1. The molecule has 0 aliphatic heterocycles. The van der Waals surface area contributed by atoms with E-state index >= 15 is 0 Å². The van der Waals surface area contributed by atoms with Crippen molar-refractivity contribution in [3.63, 3.8) is 0 Å². The summed E-state index contributed by atoms with van der Waals surface area (Å²) in [6.07, 6.45) is 1.23. The van der Waals surface area contributed by atoms with E-state index in [1.165, 1.54) is 37.6 Å². The van der Waals surface area contributed by atoms with Crippen LogP contribution in [0.3, 0.4) is 0 Å². The molecule has 0 aliphatic carbocycles. The van der Waals surface area contributed by atoms with Gasteiger partial charge in [0.05, 0.1) is 23.7 Å². The number of ether oxygens (including phenoxy) is 2. The van der Waals surface area contributed by atoms with Crippen molar-refractivity contribution in [3.8, 4) is 11.6 Å². The number of sulfone groups is 1. The fourth-order valence-corrected chi connectivity index (χ4v) is 4.05. The first-order chi connectivity index (χ1) is 14.2. The van der Waals surface area contributed by atoms with Gasteiger partial charge in [-0.3, -0.25) is 4.79 Å². The summed E-state index contributed by atoms with van der Waals surface area (Å²) in [5.41, 5.74) is 1.32. The molecule has 0 aliphatic rings. The highest BCUT2D eigenvalue weighted by atomic mass is 32.2. The molecule has 6 nitrogen and oxygen atoms in total. The molecule has 0 N–H and O–H groups in total. The molecule has 3 rings (SSSR count). The number of methoxy groups -OCH3 is 1. The van der Waals surface area contributed by atoms with Crippen LogP contribution < -0.4 is 4.74 Å². The minimum absolute atomic E-state index is 0.0363. The normalized spacial score (nSPS) is 12.6. The second-order valence-electron chi connectivity index (χ2n) is 6.87. The highest BCUT2D eigenvalue weighted by Gasteiger charge is 2.22. The third kappa shape index (κ3) is 4.14. The lowest BCUT2D eigenvalue weighted by molar-refractivity contribution is -0.142. The fourth-order valence-electron chi connectivity index (χ4n) is 3.23. The van der Waals surface area contributed by atoms with Gasteiger partial charge in [-0.05, 0) is 54.6 Å². The number of pyridine rings is 1. The molecule has 0 fully saturated rings. The molecule has 0 bridgehead atoms. The van der Waals surface area contributed by atoms with Crippen molar-refractivity contribution in [3.05, 3.63) is 59.5 Å². The number of carbonyl (C=O) groups is 1. The molecule has 30 heavy (non-hydrogen) atoms. The molecule has 2 aromatic carbocycles. The Labute approximate surface area is 174 Å². The molecule has 1 atom stereocenters. The fraction of sp³-hybridized carbons (Fsp3) is 0.273. The predicted molar refractivity (Wildman–Crippen MR) is 111 cm³/mol. The van der Waals surface area contributed by atoms with Crippen molar-refractivity contribution in [1.82, 2.24) is 4.98 Å². The number of benzene rings is 2. The zero-order valence-electron chi connectivity index (χ0n) is 17.1. The van der Waals surface area contributed by atoms with Crippen molar-refractivity contribution in [2.45, 2.75) is 31.6 Å². The van der Waals surface area contributed by atoms with Gasteiger partial charge in [-0.2, -0.15) is 0 Å². The van der Waals surface area contributed by atoms with E-state index in [4.69, 9.17) is 9.47 Å². The van der Waals surface area contributed by atoms with E-state index in [2.05, 4.69) is 4.98 Å².